The summed E-state index contributed by atoms with van der Waals surface area (Å²) in [6.07, 6.45) is 0.841. The lowest BCUT2D eigenvalue weighted by atomic mass is 10.1. The Hall–Kier alpha value is -3.32. The minimum Gasteiger partial charge on any atom is -0.308 e. The topological polar surface area (TPSA) is 67.6 Å². The van der Waals surface area contributed by atoms with Crippen LogP contribution in [0.2, 0.25) is 0 Å². The molecule has 138 valence electrons. The molecule has 7 heteroatoms. The van der Waals surface area contributed by atoms with Crippen LogP contribution in [0.5, 0.6) is 0 Å². The molecule has 1 amide bonds. The number of aromatic nitrogens is 3. The van der Waals surface area contributed by atoms with E-state index in [9.17, 15) is 9.59 Å². The number of thiazole rings is 1. The Morgan fingerprint density at radius 1 is 1.00 bits per heavy atom. The highest BCUT2D eigenvalue weighted by molar-refractivity contribution is 7.15. The molecule has 1 aliphatic rings. The van der Waals surface area contributed by atoms with Gasteiger partial charge < -0.3 is 4.90 Å². The van der Waals surface area contributed by atoms with Crippen molar-refractivity contribution < 1.29 is 4.79 Å². The molecule has 1 aliphatic heterocycles. The Balaban J connectivity index is 1.74. The Kier molecular flexibility index (Phi) is 3.84. The molecule has 3 heterocycles. The second-order valence-corrected chi connectivity index (χ2v) is 7.56. The van der Waals surface area contributed by atoms with Crippen LogP contribution in [0.25, 0.3) is 21.9 Å². The van der Waals surface area contributed by atoms with Gasteiger partial charge >= 0.3 is 0 Å². The molecule has 0 N–H and O–H groups in total. The lowest BCUT2D eigenvalue weighted by Gasteiger charge is -2.15. The number of rotatable bonds is 3. The normalized spacial score (nSPS) is 15.5. The van der Waals surface area contributed by atoms with Crippen molar-refractivity contribution >= 4 is 33.5 Å². The molecule has 0 spiro atoms. The first-order chi connectivity index (χ1) is 13.7. The van der Waals surface area contributed by atoms with E-state index >= 15 is 0 Å². The zero-order valence-electron chi connectivity index (χ0n) is 15.1. The number of amides is 1. The zero-order valence-corrected chi connectivity index (χ0v) is 15.9. The van der Waals surface area contributed by atoms with Crippen molar-refractivity contribution in [1.82, 2.24) is 14.6 Å². The highest BCUT2D eigenvalue weighted by Gasteiger charge is 2.33. The number of para-hydroxylation sites is 1. The first-order valence-corrected chi connectivity index (χ1v) is 9.91. The van der Waals surface area contributed by atoms with E-state index in [-0.39, 0.29) is 11.5 Å². The molecule has 0 aliphatic carbocycles. The number of hydrogen-bond donors (Lipinski definition) is 0. The lowest BCUT2D eigenvalue weighted by molar-refractivity contribution is -0.113. The number of carbonyl (C=O) groups excluding carboxylic acids is 1. The van der Waals surface area contributed by atoms with Crippen LogP contribution in [0.15, 0.2) is 59.4 Å². The van der Waals surface area contributed by atoms with Gasteiger partial charge in [0.15, 0.2) is 5.82 Å². The summed E-state index contributed by atoms with van der Waals surface area (Å²) in [6, 6.07) is 17.1. The fourth-order valence-electron chi connectivity index (χ4n) is 3.54. The molecule has 0 radical (unpaired) electrons. The van der Waals surface area contributed by atoms with E-state index in [0.717, 1.165) is 23.2 Å². The van der Waals surface area contributed by atoms with Gasteiger partial charge in [-0.15, -0.1) is 5.10 Å². The van der Waals surface area contributed by atoms with Gasteiger partial charge in [0.2, 0.25) is 4.96 Å². The molecule has 2 aromatic carbocycles. The van der Waals surface area contributed by atoms with E-state index in [2.05, 4.69) is 10.1 Å². The largest absolute Gasteiger partial charge is 0.308 e. The molecule has 6 nitrogen and oxygen atoms in total. The summed E-state index contributed by atoms with van der Waals surface area (Å²) in [5.74, 6) is 0.374. The maximum Gasteiger partial charge on any atom is 0.291 e. The van der Waals surface area contributed by atoms with E-state index in [1.54, 1.807) is 4.90 Å². The first kappa shape index (κ1) is 16.8. The van der Waals surface area contributed by atoms with Crippen LogP contribution < -0.4 is 15.0 Å². The predicted octanol–water partition coefficient (Wildman–Crippen LogP) is 2.49. The maximum atomic E-state index is 13.1. The first-order valence-electron chi connectivity index (χ1n) is 9.09. The molecule has 0 atom stereocenters. The summed E-state index contributed by atoms with van der Waals surface area (Å²) in [7, 11) is 0. The molecule has 0 saturated carbocycles. The highest BCUT2D eigenvalue weighted by Crippen LogP contribution is 2.35. The number of fused-ring (bicyclic) bond motifs is 2. The van der Waals surface area contributed by atoms with Crippen molar-refractivity contribution in [1.29, 1.82) is 0 Å². The van der Waals surface area contributed by atoms with Gasteiger partial charge in [0.25, 0.3) is 11.5 Å². The number of nitrogens with zero attached hydrogens (tertiary/aromatic N) is 4. The van der Waals surface area contributed by atoms with Crippen molar-refractivity contribution in [2.75, 3.05) is 11.4 Å². The summed E-state index contributed by atoms with van der Waals surface area (Å²) >= 11 is 1.22. The van der Waals surface area contributed by atoms with Gasteiger partial charge in [0.05, 0.1) is 11.3 Å². The molecule has 28 heavy (non-hydrogen) atoms. The van der Waals surface area contributed by atoms with Crippen molar-refractivity contribution in [3.63, 3.8) is 0 Å². The molecule has 5 rings (SSSR count). The van der Waals surface area contributed by atoms with Gasteiger partial charge in [-0.1, -0.05) is 66.8 Å². The Bertz CT molecular complexity index is 1320. The van der Waals surface area contributed by atoms with Crippen molar-refractivity contribution in [3.8, 4) is 11.4 Å². The van der Waals surface area contributed by atoms with Crippen LogP contribution >= 0.6 is 11.3 Å². The van der Waals surface area contributed by atoms with E-state index in [1.807, 2.05) is 61.5 Å². The molecule has 0 bridgehead atoms. The van der Waals surface area contributed by atoms with E-state index < -0.39 is 0 Å². The van der Waals surface area contributed by atoms with Gasteiger partial charge in [0, 0.05) is 17.7 Å². The van der Waals surface area contributed by atoms with Crippen LogP contribution in [0.1, 0.15) is 18.9 Å². The standard InChI is InChI=1S/C21H16N4O2S/c1-2-12-24-15-11-7-6-10-14(15)16(19(24)26)17-20(27)25-21(28-17)22-18(23-25)13-8-4-3-5-9-13/h3-11H,2,12H2,1H3. The van der Waals surface area contributed by atoms with E-state index in [4.69, 9.17) is 0 Å². The van der Waals surface area contributed by atoms with Crippen LogP contribution in [-0.4, -0.2) is 27.0 Å². The maximum absolute atomic E-state index is 13.1. The number of carbonyl (C=O) groups is 1. The van der Waals surface area contributed by atoms with E-state index in [1.165, 1.54) is 15.9 Å². The second kappa shape index (κ2) is 6.38. The fraction of sp³-hybridized carbons (Fsp3) is 0.143. The van der Waals surface area contributed by atoms with Crippen LogP contribution in [-0.2, 0) is 4.79 Å². The molecule has 0 fully saturated rings. The van der Waals surface area contributed by atoms with E-state index in [0.29, 0.717) is 27.4 Å². The number of hydrogen-bond acceptors (Lipinski definition) is 5. The molecule has 0 saturated heterocycles. The third-order valence-corrected chi connectivity index (χ3v) is 5.82. The van der Waals surface area contributed by atoms with Gasteiger partial charge in [-0.2, -0.15) is 9.50 Å². The van der Waals surface area contributed by atoms with Crippen molar-refractivity contribution in [2.45, 2.75) is 13.3 Å². The monoisotopic (exact) mass is 388 g/mol. The lowest BCUT2D eigenvalue weighted by Crippen LogP contribution is -2.32. The second-order valence-electron chi connectivity index (χ2n) is 6.58. The Labute approximate surface area is 164 Å². The van der Waals surface area contributed by atoms with Crippen LogP contribution in [0.4, 0.5) is 5.69 Å². The summed E-state index contributed by atoms with van der Waals surface area (Å²) < 4.78 is 1.69. The van der Waals surface area contributed by atoms with Crippen molar-refractivity contribution in [3.05, 3.63) is 75.0 Å². The van der Waals surface area contributed by atoms with Gasteiger partial charge in [-0.3, -0.25) is 9.59 Å². The molecule has 0 unspecified atom stereocenters. The predicted molar refractivity (Wildman–Crippen MR) is 109 cm³/mol. The third-order valence-electron chi connectivity index (χ3n) is 4.79. The summed E-state index contributed by atoms with van der Waals surface area (Å²) in [6.45, 7) is 2.65. The summed E-state index contributed by atoms with van der Waals surface area (Å²) in [5.41, 5.74) is 2.65. The quantitative estimate of drug-likeness (QED) is 0.541. The van der Waals surface area contributed by atoms with Gasteiger partial charge in [0.1, 0.15) is 4.53 Å². The van der Waals surface area contributed by atoms with Gasteiger partial charge in [-0.25, -0.2) is 0 Å². The average molecular weight is 388 g/mol. The van der Waals surface area contributed by atoms with Crippen LogP contribution in [0.3, 0.4) is 0 Å². The molecule has 2 aromatic heterocycles. The summed E-state index contributed by atoms with van der Waals surface area (Å²) in [4.78, 5) is 32.9. The third kappa shape index (κ3) is 2.40. The Morgan fingerprint density at radius 3 is 2.50 bits per heavy atom. The number of benzene rings is 2. The smallest absolute Gasteiger partial charge is 0.291 e. The Morgan fingerprint density at radius 2 is 1.75 bits per heavy atom. The minimum absolute atomic E-state index is 0.132. The fourth-order valence-corrected chi connectivity index (χ4v) is 4.54. The summed E-state index contributed by atoms with van der Waals surface area (Å²) in [5, 5.41) is 4.38. The molecular formula is C21H16N4O2S. The van der Waals surface area contributed by atoms with Crippen LogP contribution in [0, 0.1) is 0 Å². The number of anilines is 1. The molecule has 4 aromatic rings. The highest BCUT2D eigenvalue weighted by atomic mass is 32.1. The van der Waals surface area contributed by atoms with Crippen molar-refractivity contribution in [2.24, 2.45) is 0 Å². The molecular weight excluding hydrogens is 372 g/mol. The van der Waals surface area contributed by atoms with Gasteiger partial charge in [-0.05, 0) is 12.5 Å². The minimum atomic E-state index is -0.300. The average Bonchev–Trinajstić information content (AvgIpc) is 3.35. The SMILES string of the molecule is CCCN1C(=O)C(=c2sc3nc(-c4ccccc4)nn3c2=O)c2ccccc21. The zero-order chi connectivity index (χ0) is 19.3.